The van der Waals surface area contributed by atoms with Gasteiger partial charge < -0.3 is 30.7 Å². The second-order valence-corrected chi connectivity index (χ2v) is 10.1. The standard InChI is InChI=1S/C32H40N6O3/c1-3-35-32(37-26-15-19-38(22-26)29(39)10-7-18-36-25-16-20-40-21-17-25)30(23(2)33)31(34)24-11-13-28(14-12-24)41-27-8-5-4-6-9-27/h3-14,25-26,34,36H,1,15-22,33H2,2H3,(H,35,37)/b10-7+,30-23+,34-31?. The van der Waals surface area contributed by atoms with E-state index in [0.29, 0.717) is 54.1 Å². The number of nitrogens with zero attached hydrogens (tertiary/aromatic N) is 2. The zero-order chi connectivity index (χ0) is 29.0. The molecule has 0 spiro atoms. The number of carbonyl (C=O) groups is 1. The molecule has 0 bridgehead atoms. The fraction of sp³-hybridized carbons (Fsp3) is 0.344. The molecule has 1 unspecified atom stereocenters. The zero-order valence-electron chi connectivity index (χ0n) is 23.6. The highest BCUT2D eigenvalue weighted by molar-refractivity contribution is 6.29. The van der Waals surface area contributed by atoms with Gasteiger partial charge in [-0.1, -0.05) is 30.9 Å². The molecule has 0 aromatic heterocycles. The molecule has 2 fully saturated rings. The second-order valence-electron chi connectivity index (χ2n) is 10.1. The highest BCUT2D eigenvalue weighted by Crippen LogP contribution is 2.23. The minimum Gasteiger partial charge on any atom is -0.457 e. The number of likely N-dealkylation sites (tertiary alicyclic amines) is 1. The predicted octanol–water partition coefficient (Wildman–Crippen LogP) is 4.14. The van der Waals surface area contributed by atoms with Crippen molar-refractivity contribution in [3.63, 3.8) is 0 Å². The average molecular weight is 557 g/mol. The van der Waals surface area contributed by atoms with Crippen molar-refractivity contribution in [1.29, 1.82) is 5.41 Å². The lowest BCUT2D eigenvalue weighted by Crippen LogP contribution is -2.35. The minimum atomic E-state index is -0.126. The van der Waals surface area contributed by atoms with Crippen molar-refractivity contribution < 1.29 is 14.3 Å². The Morgan fingerprint density at radius 2 is 1.85 bits per heavy atom. The molecule has 1 atom stereocenters. The van der Waals surface area contributed by atoms with Crippen LogP contribution in [0.5, 0.6) is 11.5 Å². The molecule has 2 aliphatic heterocycles. The number of amides is 1. The maximum atomic E-state index is 12.8. The number of aliphatic imine (C=N–C) groups is 1. The lowest BCUT2D eigenvalue weighted by atomic mass is 9.99. The van der Waals surface area contributed by atoms with Gasteiger partial charge in [-0.05, 0) is 68.8 Å². The van der Waals surface area contributed by atoms with E-state index in [-0.39, 0.29) is 17.7 Å². The Balaban J connectivity index is 1.38. The molecule has 2 aliphatic rings. The molecule has 4 rings (SSSR count). The van der Waals surface area contributed by atoms with Gasteiger partial charge in [0.05, 0.1) is 17.3 Å². The molecule has 0 aliphatic carbocycles. The van der Waals surface area contributed by atoms with Gasteiger partial charge in [0.25, 0.3) is 0 Å². The van der Waals surface area contributed by atoms with E-state index < -0.39 is 0 Å². The molecule has 2 aromatic carbocycles. The summed E-state index contributed by atoms with van der Waals surface area (Å²) in [4.78, 5) is 19.5. The van der Waals surface area contributed by atoms with Gasteiger partial charge in [-0.15, -0.1) is 0 Å². The summed E-state index contributed by atoms with van der Waals surface area (Å²) >= 11 is 0. The van der Waals surface area contributed by atoms with E-state index in [1.165, 1.54) is 6.20 Å². The number of hydrogen-bond donors (Lipinski definition) is 4. The topological polar surface area (TPSA) is 125 Å². The maximum absolute atomic E-state index is 12.8. The van der Waals surface area contributed by atoms with E-state index >= 15 is 0 Å². The van der Waals surface area contributed by atoms with Gasteiger partial charge in [0, 0.05) is 56.2 Å². The van der Waals surface area contributed by atoms with E-state index in [9.17, 15) is 4.79 Å². The van der Waals surface area contributed by atoms with Gasteiger partial charge in [-0.2, -0.15) is 0 Å². The van der Waals surface area contributed by atoms with Crippen LogP contribution in [0.1, 0.15) is 31.7 Å². The van der Waals surface area contributed by atoms with Crippen LogP contribution in [0.4, 0.5) is 0 Å². The first-order valence-corrected chi connectivity index (χ1v) is 14.1. The Kier molecular flexibility index (Phi) is 10.9. The van der Waals surface area contributed by atoms with Crippen LogP contribution in [0, 0.1) is 5.41 Å². The number of hydrogen-bond acceptors (Lipinski definition) is 7. The quantitative estimate of drug-likeness (QED) is 0.187. The van der Waals surface area contributed by atoms with Crippen molar-refractivity contribution in [2.45, 2.75) is 38.3 Å². The molecule has 1 amide bonds. The van der Waals surface area contributed by atoms with Crippen LogP contribution in [-0.4, -0.2) is 67.3 Å². The molecule has 41 heavy (non-hydrogen) atoms. The van der Waals surface area contributed by atoms with Gasteiger partial charge in [0.1, 0.15) is 17.3 Å². The fourth-order valence-electron chi connectivity index (χ4n) is 4.86. The van der Waals surface area contributed by atoms with Crippen LogP contribution in [0.15, 0.2) is 95.8 Å². The molecular weight excluding hydrogens is 516 g/mol. The summed E-state index contributed by atoms with van der Waals surface area (Å²) in [6, 6.07) is 17.2. The van der Waals surface area contributed by atoms with Crippen LogP contribution in [0.2, 0.25) is 0 Å². The van der Waals surface area contributed by atoms with E-state index in [4.69, 9.17) is 25.6 Å². The third kappa shape index (κ3) is 8.64. The molecule has 2 aromatic rings. The van der Waals surface area contributed by atoms with Crippen LogP contribution in [0.3, 0.4) is 0 Å². The Labute approximate surface area is 242 Å². The number of benzene rings is 2. The molecule has 2 saturated heterocycles. The molecule has 216 valence electrons. The lowest BCUT2D eigenvalue weighted by Gasteiger charge is -2.22. The van der Waals surface area contributed by atoms with Gasteiger partial charge in [0.15, 0.2) is 0 Å². The van der Waals surface area contributed by atoms with E-state index in [0.717, 1.165) is 38.2 Å². The number of allylic oxidation sites excluding steroid dienone is 1. The van der Waals surface area contributed by atoms with Gasteiger partial charge >= 0.3 is 0 Å². The summed E-state index contributed by atoms with van der Waals surface area (Å²) in [6.07, 6.45) is 7.76. The third-order valence-corrected chi connectivity index (χ3v) is 7.03. The highest BCUT2D eigenvalue weighted by atomic mass is 16.5. The largest absolute Gasteiger partial charge is 0.457 e. The number of rotatable bonds is 11. The minimum absolute atomic E-state index is 0.0222. The van der Waals surface area contributed by atoms with Gasteiger partial charge in [-0.3, -0.25) is 15.2 Å². The number of carbonyl (C=O) groups excluding carboxylic acids is 1. The van der Waals surface area contributed by atoms with Crippen LogP contribution < -0.4 is 21.1 Å². The number of para-hydroxylation sites is 1. The number of nitrogens with two attached hydrogens (primary N) is 1. The van der Waals surface area contributed by atoms with Gasteiger partial charge in [0.2, 0.25) is 5.91 Å². The smallest absolute Gasteiger partial charge is 0.246 e. The molecular formula is C32H40N6O3. The first-order valence-electron chi connectivity index (χ1n) is 14.1. The number of amidine groups is 1. The van der Waals surface area contributed by atoms with E-state index in [2.05, 4.69) is 17.2 Å². The molecule has 5 N–H and O–H groups in total. The third-order valence-electron chi connectivity index (χ3n) is 7.03. The van der Waals surface area contributed by atoms with Crippen molar-refractivity contribution in [1.82, 2.24) is 15.5 Å². The van der Waals surface area contributed by atoms with E-state index in [1.54, 1.807) is 17.9 Å². The average Bonchev–Trinajstić information content (AvgIpc) is 3.45. The summed E-state index contributed by atoms with van der Waals surface area (Å²) in [6.45, 7) is 8.88. The zero-order valence-corrected chi connectivity index (χ0v) is 23.6. The summed E-state index contributed by atoms with van der Waals surface area (Å²) < 4.78 is 11.3. The summed E-state index contributed by atoms with van der Waals surface area (Å²) in [5, 5.41) is 15.5. The molecule has 2 heterocycles. The summed E-state index contributed by atoms with van der Waals surface area (Å²) in [5.74, 6) is 1.85. The summed E-state index contributed by atoms with van der Waals surface area (Å²) in [7, 11) is 0. The first-order chi connectivity index (χ1) is 19.9. The van der Waals surface area contributed by atoms with Crippen molar-refractivity contribution in [3.8, 4) is 11.5 Å². The van der Waals surface area contributed by atoms with Crippen LogP contribution >= 0.6 is 0 Å². The second kappa shape index (κ2) is 15.0. The Morgan fingerprint density at radius 3 is 2.54 bits per heavy atom. The molecule has 0 saturated carbocycles. The Hall–Kier alpha value is -4.21. The van der Waals surface area contributed by atoms with Crippen molar-refractivity contribution in [3.05, 3.63) is 96.4 Å². The van der Waals surface area contributed by atoms with E-state index in [1.807, 2.05) is 60.7 Å². The van der Waals surface area contributed by atoms with Crippen LogP contribution in [0.25, 0.3) is 0 Å². The van der Waals surface area contributed by atoms with Gasteiger partial charge in [-0.25, -0.2) is 0 Å². The first kappa shape index (κ1) is 29.8. The SMILES string of the molecule is C=CNC(=NC1CCN(C(=O)/C=C/CNC2CCOCC2)C1)/C(C(=N)c1ccc(Oc2ccccc2)cc1)=C(\C)N. The Morgan fingerprint density at radius 1 is 1.15 bits per heavy atom. The van der Waals surface area contributed by atoms with Crippen molar-refractivity contribution in [2.75, 3.05) is 32.8 Å². The highest BCUT2D eigenvalue weighted by Gasteiger charge is 2.26. The molecule has 9 heteroatoms. The molecule has 9 nitrogen and oxygen atoms in total. The van der Waals surface area contributed by atoms with Crippen molar-refractivity contribution in [2.24, 2.45) is 10.7 Å². The maximum Gasteiger partial charge on any atom is 0.246 e. The van der Waals surface area contributed by atoms with Crippen LogP contribution in [-0.2, 0) is 9.53 Å². The fourth-order valence-corrected chi connectivity index (χ4v) is 4.86. The lowest BCUT2D eigenvalue weighted by molar-refractivity contribution is -0.125. The predicted molar refractivity (Wildman–Crippen MR) is 163 cm³/mol. The normalized spacial score (nSPS) is 18.7. The Bertz CT molecular complexity index is 1280. The summed E-state index contributed by atoms with van der Waals surface area (Å²) in [5.41, 5.74) is 8.13. The monoisotopic (exact) mass is 556 g/mol. The molecule has 0 radical (unpaired) electrons. The van der Waals surface area contributed by atoms with Crippen molar-refractivity contribution >= 4 is 17.5 Å². The number of nitrogens with one attached hydrogen (secondary N) is 3. The number of ether oxygens (including phenoxy) is 2.